The van der Waals surface area contributed by atoms with Gasteiger partial charge in [-0.25, -0.2) is 13.2 Å². The monoisotopic (exact) mass is 645 g/mol. The molecule has 0 spiro atoms. The van der Waals surface area contributed by atoms with Crippen molar-refractivity contribution >= 4 is 48.4 Å². The van der Waals surface area contributed by atoms with E-state index in [-0.39, 0.29) is 29.0 Å². The molecule has 1 fully saturated rings. The second kappa shape index (κ2) is 12.6. The highest BCUT2D eigenvalue weighted by atomic mass is 79.9. The zero-order valence-corrected chi connectivity index (χ0v) is 24.8. The van der Waals surface area contributed by atoms with E-state index in [0.29, 0.717) is 33.5 Å². The lowest BCUT2D eigenvalue weighted by Gasteiger charge is -2.34. The van der Waals surface area contributed by atoms with Crippen molar-refractivity contribution in [1.82, 2.24) is 15.3 Å². The minimum Gasteiger partial charge on any atom is -0.495 e. The molecular formula is C28H32BrN5O6S. The van der Waals surface area contributed by atoms with Gasteiger partial charge in [-0.3, -0.25) is 4.72 Å². The molecular weight excluding hydrogens is 614 g/mol. The van der Waals surface area contributed by atoms with Gasteiger partial charge >= 0.3 is 5.69 Å². The first-order valence-corrected chi connectivity index (χ1v) is 15.5. The number of methoxy groups -OCH3 is 1. The third-order valence-corrected chi connectivity index (χ3v) is 8.88. The van der Waals surface area contributed by atoms with Crippen LogP contribution in [0.25, 0.3) is 11.0 Å². The molecule has 1 atom stereocenters. The number of anilines is 2. The summed E-state index contributed by atoms with van der Waals surface area (Å²) in [4.78, 5) is 19.3. The number of aliphatic hydroxyl groups excluding tert-OH is 1. The van der Waals surface area contributed by atoms with E-state index < -0.39 is 16.1 Å². The van der Waals surface area contributed by atoms with E-state index in [1.807, 2.05) is 12.1 Å². The van der Waals surface area contributed by atoms with Crippen molar-refractivity contribution in [3.05, 3.63) is 75.6 Å². The molecule has 1 aliphatic rings. The molecule has 218 valence electrons. The Balaban J connectivity index is 1.08. The quantitative estimate of drug-likeness (QED) is 0.167. The fourth-order valence-corrected chi connectivity index (χ4v) is 6.62. The molecule has 5 N–H and O–H groups in total. The van der Waals surface area contributed by atoms with Gasteiger partial charge in [0.15, 0.2) is 0 Å². The van der Waals surface area contributed by atoms with Gasteiger partial charge < -0.3 is 34.8 Å². The van der Waals surface area contributed by atoms with Gasteiger partial charge in [0, 0.05) is 41.5 Å². The van der Waals surface area contributed by atoms with Crippen LogP contribution < -0.4 is 30.1 Å². The molecule has 2 heterocycles. The van der Waals surface area contributed by atoms with Crippen LogP contribution in [-0.4, -0.2) is 69.0 Å². The first-order valence-electron chi connectivity index (χ1n) is 13.2. The number of para-hydroxylation sites is 1. The van der Waals surface area contributed by atoms with Gasteiger partial charge in [0.1, 0.15) is 34.6 Å². The molecule has 1 unspecified atom stereocenters. The number of imidazole rings is 1. The maximum absolute atomic E-state index is 13.0. The first-order chi connectivity index (χ1) is 19.7. The average molecular weight is 647 g/mol. The summed E-state index contributed by atoms with van der Waals surface area (Å²) in [5, 5.41) is 13.9. The number of hydrogen-bond acceptors (Lipinski definition) is 8. The molecule has 0 aliphatic carbocycles. The smallest absolute Gasteiger partial charge is 0.323 e. The number of hydrogen-bond donors (Lipinski definition) is 5. The van der Waals surface area contributed by atoms with E-state index in [9.17, 15) is 18.3 Å². The minimum atomic E-state index is -3.84. The van der Waals surface area contributed by atoms with Crippen LogP contribution in [0.4, 0.5) is 11.4 Å². The first kappa shape index (κ1) is 29.0. The van der Waals surface area contributed by atoms with Gasteiger partial charge in [0.25, 0.3) is 10.0 Å². The molecule has 41 heavy (non-hydrogen) atoms. The number of nitrogens with zero attached hydrogens (tertiary/aromatic N) is 1. The van der Waals surface area contributed by atoms with Crippen molar-refractivity contribution in [2.45, 2.75) is 29.9 Å². The van der Waals surface area contributed by atoms with Gasteiger partial charge in [0.05, 0.1) is 12.6 Å². The SMILES string of the molecule is COc1ccc(Br)cc1S(=O)(=O)Nc1ccc(N2CCC(NCC(O)COc3cccc4[nH]c(=O)[nH]c34)CC2)cc1. The van der Waals surface area contributed by atoms with Crippen molar-refractivity contribution in [1.29, 1.82) is 0 Å². The summed E-state index contributed by atoms with van der Waals surface area (Å²) in [6, 6.07) is 17.7. The predicted octanol–water partition coefficient (Wildman–Crippen LogP) is 3.43. The molecule has 0 radical (unpaired) electrons. The third-order valence-electron chi connectivity index (χ3n) is 6.98. The second-order valence-corrected chi connectivity index (χ2v) is 12.4. The van der Waals surface area contributed by atoms with Crippen LogP contribution in [0.3, 0.4) is 0 Å². The molecule has 1 saturated heterocycles. The van der Waals surface area contributed by atoms with E-state index in [2.05, 4.69) is 40.8 Å². The fourth-order valence-electron chi connectivity index (χ4n) is 4.85. The van der Waals surface area contributed by atoms with Gasteiger partial charge in [-0.1, -0.05) is 22.0 Å². The number of aromatic amines is 2. The lowest BCUT2D eigenvalue weighted by molar-refractivity contribution is 0.103. The summed E-state index contributed by atoms with van der Waals surface area (Å²) in [6.45, 7) is 2.14. The molecule has 0 saturated carbocycles. The summed E-state index contributed by atoms with van der Waals surface area (Å²) in [5.41, 5.74) is 2.41. The highest BCUT2D eigenvalue weighted by molar-refractivity contribution is 9.10. The Morgan fingerprint density at radius 1 is 1.07 bits per heavy atom. The highest BCUT2D eigenvalue weighted by Crippen LogP contribution is 2.30. The van der Waals surface area contributed by atoms with E-state index in [1.54, 1.807) is 42.5 Å². The van der Waals surface area contributed by atoms with E-state index in [0.717, 1.165) is 31.6 Å². The van der Waals surface area contributed by atoms with E-state index >= 15 is 0 Å². The van der Waals surface area contributed by atoms with Crippen LogP contribution in [-0.2, 0) is 10.0 Å². The summed E-state index contributed by atoms with van der Waals surface area (Å²) >= 11 is 3.31. The molecule has 0 amide bonds. The molecule has 1 aromatic heterocycles. The van der Waals surface area contributed by atoms with Crippen molar-refractivity contribution in [3.63, 3.8) is 0 Å². The average Bonchev–Trinajstić information content (AvgIpc) is 3.36. The third kappa shape index (κ3) is 7.04. The van der Waals surface area contributed by atoms with Crippen molar-refractivity contribution in [3.8, 4) is 11.5 Å². The lowest BCUT2D eigenvalue weighted by Crippen LogP contribution is -2.45. The Labute approximate surface area is 246 Å². The van der Waals surface area contributed by atoms with Crippen LogP contribution >= 0.6 is 15.9 Å². The molecule has 3 aromatic carbocycles. The number of nitrogens with one attached hydrogen (secondary N) is 4. The summed E-state index contributed by atoms with van der Waals surface area (Å²) < 4.78 is 40.2. The van der Waals surface area contributed by atoms with Crippen molar-refractivity contribution in [2.24, 2.45) is 0 Å². The van der Waals surface area contributed by atoms with Crippen LogP contribution in [0.15, 0.2) is 74.8 Å². The zero-order chi connectivity index (χ0) is 29.0. The number of halogens is 1. The van der Waals surface area contributed by atoms with E-state index in [1.165, 1.54) is 13.2 Å². The topological polar surface area (TPSA) is 149 Å². The van der Waals surface area contributed by atoms with Crippen molar-refractivity contribution in [2.75, 3.05) is 43.0 Å². The summed E-state index contributed by atoms with van der Waals surface area (Å²) in [7, 11) is -2.40. The number of aliphatic hydroxyl groups is 1. The number of rotatable bonds is 11. The normalized spacial score (nSPS) is 15.1. The number of aromatic nitrogens is 2. The van der Waals surface area contributed by atoms with Gasteiger partial charge in [-0.2, -0.15) is 0 Å². The van der Waals surface area contributed by atoms with Crippen LogP contribution in [0.5, 0.6) is 11.5 Å². The molecule has 4 aromatic rings. The number of benzene rings is 3. The number of ether oxygens (including phenoxy) is 2. The predicted molar refractivity (Wildman–Crippen MR) is 162 cm³/mol. The van der Waals surface area contributed by atoms with Gasteiger partial charge in [-0.05, 0) is 67.4 Å². The Hall–Kier alpha value is -3.52. The van der Waals surface area contributed by atoms with Crippen LogP contribution in [0, 0.1) is 0 Å². The van der Waals surface area contributed by atoms with Crippen LogP contribution in [0.1, 0.15) is 12.8 Å². The largest absolute Gasteiger partial charge is 0.495 e. The zero-order valence-electron chi connectivity index (χ0n) is 22.4. The molecule has 11 nitrogen and oxygen atoms in total. The summed E-state index contributed by atoms with van der Waals surface area (Å²) in [5.74, 6) is 0.778. The van der Waals surface area contributed by atoms with Gasteiger partial charge in [-0.15, -0.1) is 0 Å². The van der Waals surface area contributed by atoms with Crippen molar-refractivity contribution < 1.29 is 23.0 Å². The molecule has 5 rings (SSSR count). The molecule has 1 aliphatic heterocycles. The maximum atomic E-state index is 13.0. The number of fused-ring (bicyclic) bond motifs is 1. The van der Waals surface area contributed by atoms with E-state index in [4.69, 9.17) is 9.47 Å². The number of H-pyrrole nitrogens is 2. The number of piperidine rings is 1. The number of sulfonamides is 1. The molecule has 13 heteroatoms. The highest BCUT2D eigenvalue weighted by Gasteiger charge is 2.22. The molecule has 0 bridgehead atoms. The maximum Gasteiger partial charge on any atom is 0.323 e. The summed E-state index contributed by atoms with van der Waals surface area (Å²) in [6.07, 6.45) is 1.09. The Bertz CT molecular complexity index is 1650. The minimum absolute atomic E-state index is 0.0547. The fraction of sp³-hybridized carbons (Fsp3) is 0.321. The standard InChI is InChI=1S/C28H32BrN5O6S/c1-39-24-10-5-18(29)15-26(24)41(37,38)33-20-6-8-21(9-7-20)34-13-11-19(12-14-34)30-16-22(35)17-40-25-4-2-3-23-27(25)32-28(36)31-23/h2-10,15,19,22,30,33,35H,11-14,16-17H2,1H3,(H2,31,32,36). The second-order valence-electron chi connectivity index (χ2n) is 9.84. The Morgan fingerprint density at radius 3 is 2.56 bits per heavy atom. The Morgan fingerprint density at radius 2 is 1.83 bits per heavy atom. The Kier molecular flexibility index (Phi) is 8.88. The lowest BCUT2D eigenvalue weighted by atomic mass is 10.0. The van der Waals surface area contributed by atoms with Gasteiger partial charge in [0.2, 0.25) is 0 Å². The van der Waals surface area contributed by atoms with Crippen LogP contribution in [0.2, 0.25) is 0 Å².